The van der Waals surface area contributed by atoms with Crippen LogP contribution in [0.15, 0.2) is 22.8 Å². The fourth-order valence-electron chi connectivity index (χ4n) is 3.58. The van der Waals surface area contributed by atoms with Gasteiger partial charge in [0.05, 0.1) is 6.26 Å². The van der Waals surface area contributed by atoms with Gasteiger partial charge >= 0.3 is 0 Å². The summed E-state index contributed by atoms with van der Waals surface area (Å²) in [7, 11) is 0. The molecule has 0 aromatic carbocycles. The first-order valence-corrected chi connectivity index (χ1v) is 7.81. The predicted molar refractivity (Wildman–Crippen MR) is 77.6 cm³/mol. The van der Waals surface area contributed by atoms with Crippen molar-refractivity contribution in [1.82, 2.24) is 9.80 Å². The minimum atomic E-state index is 0.0339. The van der Waals surface area contributed by atoms with Crippen LogP contribution in [-0.2, 0) is 0 Å². The Hall–Kier alpha value is -1.29. The Morgan fingerprint density at radius 2 is 2.05 bits per heavy atom. The smallest absolute Gasteiger partial charge is 0.289 e. The Balaban J connectivity index is 1.53. The van der Waals surface area contributed by atoms with Crippen molar-refractivity contribution in [3.8, 4) is 0 Å². The van der Waals surface area contributed by atoms with Gasteiger partial charge in [-0.1, -0.05) is 19.8 Å². The Bertz CT molecular complexity index is 435. The molecule has 1 aromatic heterocycles. The second kappa shape index (κ2) is 6.00. The summed E-state index contributed by atoms with van der Waals surface area (Å²) in [4.78, 5) is 16.7. The molecule has 2 aliphatic rings. The quantitative estimate of drug-likeness (QED) is 0.833. The second-order valence-electron chi connectivity index (χ2n) is 6.23. The Morgan fingerprint density at radius 3 is 2.70 bits per heavy atom. The maximum absolute atomic E-state index is 12.2. The molecular weight excluding hydrogens is 252 g/mol. The zero-order chi connectivity index (χ0) is 13.9. The minimum Gasteiger partial charge on any atom is -0.459 e. The SMILES string of the molecule is C[C@@H]1CCC[C@@H](N2CCN(C(=O)c3ccco3)CC2)C1. The van der Waals surface area contributed by atoms with Crippen LogP contribution >= 0.6 is 0 Å². The lowest BCUT2D eigenvalue weighted by Gasteiger charge is -2.41. The van der Waals surface area contributed by atoms with E-state index >= 15 is 0 Å². The van der Waals surface area contributed by atoms with Gasteiger partial charge in [-0.2, -0.15) is 0 Å². The maximum atomic E-state index is 12.2. The Morgan fingerprint density at radius 1 is 1.25 bits per heavy atom. The fourth-order valence-corrected chi connectivity index (χ4v) is 3.58. The van der Waals surface area contributed by atoms with Gasteiger partial charge < -0.3 is 9.32 Å². The van der Waals surface area contributed by atoms with Crippen molar-refractivity contribution in [3.05, 3.63) is 24.2 Å². The van der Waals surface area contributed by atoms with Crippen molar-refractivity contribution in [1.29, 1.82) is 0 Å². The Kier molecular flexibility index (Phi) is 4.10. The molecular formula is C16H24N2O2. The molecule has 4 heteroatoms. The number of rotatable bonds is 2. The van der Waals surface area contributed by atoms with Crippen LogP contribution in [0.2, 0.25) is 0 Å². The number of carbonyl (C=O) groups excluding carboxylic acids is 1. The summed E-state index contributed by atoms with van der Waals surface area (Å²) in [6.07, 6.45) is 6.96. The fraction of sp³-hybridized carbons (Fsp3) is 0.688. The predicted octanol–water partition coefficient (Wildman–Crippen LogP) is 2.62. The van der Waals surface area contributed by atoms with E-state index in [1.165, 1.54) is 25.7 Å². The highest BCUT2D eigenvalue weighted by Gasteiger charge is 2.29. The van der Waals surface area contributed by atoms with E-state index in [0.29, 0.717) is 5.76 Å². The zero-order valence-corrected chi connectivity index (χ0v) is 12.3. The summed E-state index contributed by atoms with van der Waals surface area (Å²) in [5, 5.41) is 0. The topological polar surface area (TPSA) is 36.7 Å². The Labute approximate surface area is 120 Å². The molecule has 1 saturated heterocycles. The normalized spacial score (nSPS) is 28.6. The number of nitrogens with zero attached hydrogens (tertiary/aromatic N) is 2. The molecule has 1 saturated carbocycles. The zero-order valence-electron chi connectivity index (χ0n) is 12.3. The van der Waals surface area contributed by atoms with Gasteiger partial charge in [0.15, 0.2) is 5.76 Å². The van der Waals surface area contributed by atoms with Crippen molar-refractivity contribution in [2.45, 2.75) is 38.6 Å². The van der Waals surface area contributed by atoms with Gasteiger partial charge in [0, 0.05) is 32.2 Å². The van der Waals surface area contributed by atoms with E-state index in [9.17, 15) is 4.79 Å². The molecule has 1 aliphatic carbocycles. The van der Waals surface area contributed by atoms with Crippen LogP contribution in [0, 0.1) is 5.92 Å². The molecule has 2 heterocycles. The monoisotopic (exact) mass is 276 g/mol. The van der Waals surface area contributed by atoms with E-state index in [2.05, 4.69) is 11.8 Å². The number of piperazine rings is 1. The third-order valence-corrected chi connectivity index (χ3v) is 4.76. The van der Waals surface area contributed by atoms with Crippen LogP contribution in [0.25, 0.3) is 0 Å². The van der Waals surface area contributed by atoms with Crippen LogP contribution in [0.1, 0.15) is 43.2 Å². The maximum Gasteiger partial charge on any atom is 0.289 e. The standard InChI is InChI=1S/C16H24N2O2/c1-13-4-2-5-14(12-13)17-7-9-18(10-8-17)16(19)15-6-3-11-20-15/h3,6,11,13-14H,2,4-5,7-10,12H2,1H3/t13-,14-/m1/s1. The number of amides is 1. The molecule has 0 spiro atoms. The molecule has 3 rings (SSSR count). The van der Waals surface area contributed by atoms with E-state index in [0.717, 1.165) is 38.1 Å². The van der Waals surface area contributed by atoms with Gasteiger partial charge in [-0.3, -0.25) is 9.69 Å². The van der Waals surface area contributed by atoms with Crippen LogP contribution < -0.4 is 0 Å². The molecule has 20 heavy (non-hydrogen) atoms. The van der Waals surface area contributed by atoms with Crippen LogP contribution in [0.5, 0.6) is 0 Å². The largest absolute Gasteiger partial charge is 0.459 e. The van der Waals surface area contributed by atoms with Crippen LogP contribution in [0.3, 0.4) is 0 Å². The summed E-state index contributed by atoms with van der Waals surface area (Å²) in [6.45, 7) is 6.02. The number of hydrogen-bond donors (Lipinski definition) is 0. The number of hydrogen-bond acceptors (Lipinski definition) is 3. The summed E-state index contributed by atoms with van der Waals surface area (Å²) < 4.78 is 5.20. The lowest BCUT2D eigenvalue weighted by molar-refractivity contribution is 0.0465. The summed E-state index contributed by atoms with van der Waals surface area (Å²) in [5.74, 6) is 1.35. The molecule has 0 unspecified atom stereocenters. The molecule has 0 bridgehead atoms. The van der Waals surface area contributed by atoms with E-state index in [4.69, 9.17) is 4.42 Å². The van der Waals surface area contributed by atoms with E-state index in [-0.39, 0.29) is 5.91 Å². The van der Waals surface area contributed by atoms with Crippen LogP contribution in [-0.4, -0.2) is 47.9 Å². The lowest BCUT2D eigenvalue weighted by Crippen LogP contribution is -2.52. The molecule has 0 radical (unpaired) electrons. The summed E-state index contributed by atoms with van der Waals surface area (Å²) in [5.41, 5.74) is 0. The molecule has 4 nitrogen and oxygen atoms in total. The average molecular weight is 276 g/mol. The van der Waals surface area contributed by atoms with Crippen molar-refractivity contribution in [2.24, 2.45) is 5.92 Å². The minimum absolute atomic E-state index is 0.0339. The third-order valence-electron chi connectivity index (χ3n) is 4.76. The molecule has 0 N–H and O–H groups in total. The molecule has 110 valence electrons. The van der Waals surface area contributed by atoms with E-state index in [1.807, 2.05) is 4.90 Å². The lowest BCUT2D eigenvalue weighted by atomic mass is 9.86. The first-order chi connectivity index (χ1) is 9.74. The molecule has 2 atom stereocenters. The highest BCUT2D eigenvalue weighted by atomic mass is 16.3. The molecule has 2 fully saturated rings. The average Bonchev–Trinajstić information content (AvgIpc) is 3.01. The molecule has 1 amide bonds. The van der Waals surface area contributed by atoms with Gasteiger partial charge in [-0.15, -0.1) is 0 Å². The van der Waals surface area contributed by atoms with E-state index in [1.54, 1.807) is 18.4 Å². The van der Waals surface area contributed by atoms with Gasteiger partial charge in [0.2, 0.25) is 0 Å². The van der Waals surface area contributed by atoms with Gasteiger partial charge in [-0.25, -0.2) is 0 Å². The summed E-state index contributed by atoms with van der Waals surface area (Å²) in [6, 6.07) is 4.25. The number of carbonyl (C=O) groups is 1. The summed E-state index contributed by atoms with van der Waals surface area (Å²) >= 11 is 0. The number of furan rings is 1. The van der Waals surface area contributed by atoms with Gasteiger partial charge in [0.25, 0.3) is 5.91 Å². The third kappa shape index (κ3) is 2.90. The van der Waals surface area contributed by atoms with Crippen molar-refractivity contribution < 1.29 is 9.21 Å². The van der Waals surface area contributed by atoms with Crippen LogP contribution in [0.4, 0.5) is 0 Å². The molecule has 1 aromatic rings. The van der Waals surface area contributed by atoms with Crippen molar-refractivity contribution in [3.63, 3.8) is 0 Å². The second-order valence-corrected chi connectivity index (χ2v) is 6.23. The molecule has 1 aliphatic heterocycles. The highest BCUT2D eigenvalue weighted by molar-refractivity contribution is 5.91. The highest BCUT2D eigenvalue weighted by Crippen LogP contribution is 2.28. The first-order valence-electron chi connectivity index (χ1n) is 7.81. The first kappa shape index (κ1) is 13.7. The van der Waals surface area contributed by atoms with Crippen molar-refractivity contribution in [2.75, 3.05) is 26.2 Å². The van der Waals surface area contributed by atoms with E-state index < -0.39 is 0 Å². The van der Waals surface area contributed by atoms with Crippen molar-refractivity contribution >= 4 is 5.91 Å². The van der Waals surface area contributed by atoms with Gasteiger partial charge in [0.1, 0.15) is 0 Å². The van der Waals surface area contributed by atoms with Gasteiger partial charge in [-0.05, 0) is 30.9 Å².